The molecule has 0 radical (unpaired) electrons. The molecule has 0 saturated carbocycles. The van der Waals surface area contributed by atoms with Gasteiger partial charge in [-0.25, -0.2) is 4.98 Å². The maximum absolute atomic E-state index is 13.5. The number of halogens is 3. The molecule has 180 valence electrons. The van der Waals surface area contributed by atoms with Crippen LogP contribution in [0, 0.1) is 0 Å². The highest BCUT2D eigenvalue weighted by Crippen LogP contribution is 2.38. The lowest BCUT2D eigenvalue weighted by Gasteiger charge is -2.21. The Morgan fingerprint density at radius 2 is 1.57 bits per heavy atom. The lowest BCUT2D eigenvalue weighted by molar-refractivity contribution is -0.137. The van der Waals surface area contributed by atoms with Gasteiger partial charge in [-0.1, -0.05) is 58.0 Å². The molecule has 3 nitrogen and oxygen atoms in total. The van der Waals surface area contributed by atoms with Crippen molar-refractivity contribution in [2.45, 2.75) is 52.3 Å². The minimum atomic E-state index is -4.44. The molecule has 5 rings (SSSR count). The van der Waals surface area contributed by atoms with Crippen molar-refractivity contribution in [1.29, 1.82) is 0 Å². The molecule has 0 spiro atoms. The first-order valence-corrected chi connectivity index (χ1v) is 11.8. The Bertz CT molecular complexity index is 1500. The summed E-state index contributed by atoms with van der Waals surface area (Å²) in [6, 6.07) is 17.8. The number of alkyl halides is 3. The van der Waals surface area contributed by atoms with Crippen LogP contribution < -0.4 is 0 Å². The smallest absolute Gasteiger partial charge is 0.416 e. The number of imidazole rings is 1. The van der Waals surface area contributed by atoms with Gasteiger partial charge in [-0.15, -0.1) is 0 Å². The summed E-state index contributed by atoms with van der Waals surface area (Å²) < 4.78 is 48.2. The standard InChI is InChI=1S/C29H27F3N2O/c1-17(2)20-8-7-9-21(18(3)4)23(20)15-34-26-11-6-5-10-25(26)33-28(34)24-16-35-27-13-12-19(14-22(24)27)29(30,31)32/h5-14,16-18H,15H2,1-4H3. The van der Waals surface area contributed by atoms with E-state index in [1.807, 2.05) is 24.3 Å². The third kappa shape index (κ3) is 4.11. The van der Waals surface area contributed by atoms with Crippen LogP contribution in [0.15, 0.2) is 71.3 Å². The van der Waals surface area contributed by atoms with Crippen LogP contribution in [-0.2, 0) is 12.7 Å². The molecular formula is C29H27F3N2O. The quantitative estimate of drug-likeness (QED) is 0.254. The molecule has 0 unspecified atom stereocenters. The summed E-state index contributed by atoms with van der Waals surface area (Å²) in [6.45, 7) is 9.27. The molecule has 0 saturated heterocycles. The summed E-state index contributed by atoms with van der Waals surface area (Å²) in [5.74, 6) is 1.25. The van der Waals surface area contributed by atoms with Crippen LogP contribution in [0.2, 0.25) is 0 Å². The fourth-order valence-electron chi connectivity index (χ4n) is 4.87. The van der Waals surface area contributed by atoms with Crippen molar-refractivity contribution in [2.24, 2.45) is 0 Å². The van der Waals surface area contributed by atoms with Crippen molar-refractivity contribution in [1.82, 2.24) is 9.55 Å². The number of benzene rings is 3. The van der Waals surface area contributed by atoms with Crippen LogP contribution in [0.5, 0.6) is 0 Å². The van der Waals surface area contributed by atoms with Gasteiger partial charge in [0.2, 0.25) is 0 Å². The Morgan fingerprint density at radius 1 is 0.886 bits per heavy atom. The number of hydrogen-bond acceptors (Lipinski definition) is 2. The zero-order valence-electron chi connectivity index (χ0n) is 20.1. The summed E-state index contributed by atoms with van der Waals surface area (Å²) in [5, 5.41) is 0.401. The second kappa shape index (κ2) is 8.59. The number of rotatable bonds is 5. The molecule has 0 aliphatic carbocycles. The largest absolute Gasteiger partial charge is 0.464 e. The average Bonchev–Trinajstić information content (AvgIpc) is 3.39. The van der Waals surface area contributed by atoms with Gasteiger partial charge >= 0.3 is 6.18 Å². The highest BCUT2D eigenvalue weighted by atomic mass is 19.4. The Morgan fingerprint density at radius 3 is 2.23 bits per heavy atom. The van der Waals surface area contributed by atoms with Crippen LogP contribution in [-0.4, -0.2) is 9.55 Å². The molecule has 0 aliphatic heterocycles. The van der Waals surface area contributed by atoms with E-state index < -0.39 is 11.7 Å². The molecule has 6 heteroatoms. The lowest BCUT2D eigenvalue weighted by Crippen LogP contribution is -2.10. The summed E-state index contributed by atoms with van der Waals surface area (Å²) in [6.07, 6.45) is -2.93. The van der Waals surface area contributed by atoms with Crippen molar-refractivity contribution in [3.05, 3.63) is 89.2 Å². The van der Waals surface area contributed by atoms with E-state index in [-0.39, 0.29) is 0 Å². The van der Waals surface area contributed by atoms with Crippen molar-refractivity contribution in [2.75, 3.05) is 0 Å². The molecule has 5 aromatic rings. The van der Waals surface area contributed by atoms with Gasteiger partial charge in [-0.2, -0.15) is 13.2 Å². The van der Waals surface area contributed by atoms with Crippen molar-refractivity contribution >= 4 is 22.0 Å². The van der Waals surface area contributed by atoms with E-state index in [0.29, 0.717) is 40.7 Å². The van der Waals surface area contributed by atoms with E-state index >= 15 is 0 Å². The molecular weight excluding hydrogens is 449 g/mol. The third-order valence-electron chi connectivity index (χ3n) is 6.60. The number of para-hydroxylation sites is 2. The third-order valence-corrected chi connectivity index (χ3v) is 6.60. The van der Waals surface area contributed by atoms with Crippen molar-refractivity contribution in [3.63, 3.8) is 0 Å². The maximum Gasteiger partial charge on any atom is 0.416 e. The first kappa shape index (κ1) is 23.2. The Balaban J connectivity index is 1.76. The predicted octanol–water partition coefficient (Wildman–Crippen LogP) is 8.76. The molecule has 0 N–H and O–H groups in total. The number of furan rings is 1. The van der Waals surface area contributed by atoms with Gasteiger partial charge in [0.15, 0.2) is 0 Å². The second-order valence-corrected chi connectivity index (χ2v) is 9.59. The predicted molar refractivity (Wildman–Crippen MR) is 134 cm³/mol. The molecule has 0 amide bonds. The summed E-state index contributed by atoms with van der Waals surface area (Å²) in [4.78, 5) is 4.86. The van der Waals surface area contributed by atoms with Gasteiger partial charge < -0.3 is 8.98 Å². The summed E-state index contributed by atoms with van der Waals surface area (Å²) in [5.41, 5.74) is 5.71. The molecule has 0 fully saturated rings. The van der Waals surface area contributed by atoms with Crippen molar-refractivity contribution < 1.29 is 17.6 Å². The number of fused-ring (bicyclic) bond motifs is 2. The topological polar surface area (TPSA) is 31.0 Å². The average molecular weight is 477 g/mol. The Kier molecular flexibility index (Phi) is 5.70. The zero-order chi connectivity index (χ0) is 24.9. The molecule has 35 heavy (non-hydrogen) atoms. The zero-order valence-corrected chi connectivity index (χ0v) is 20.1. The molecule has 3 aromatic carbocycles. The van der Waals surface area contributed by atoms with Crippen LogP contribution in [0.3, 0.4) is 0 Å². The van der Waals surface area contributed by atoms with E-state index in [9.17, 15) is 13.2 Å². The Labute approximate surface area is 202 Å². The van der Waals surface area contributed by atoms with Gasteiger partial charge in [0.05, 0.1) is 28.7 Å². The molecule has 2 heterocycles. The van der Waals surface area contributed by atoms with E-state index in [0.717, 1.165) is 23.2 Å². The minimum absolute atomic E-state index is 0.325. The highest BCUT2D eigenvalue weighted by Gasteiger charge is 2.31. The fourth-order valence-corrected chi connectivity index (χ4v) is 4.87. The van der Waals surface area contributed by atoms with Crippen LogP contribution in [0.4, 0.5) is 13.2 Å². The van der Waals surface area contributed by atoms with Gasteiger partial charge in [0.25, 0.3) is 0 Å². The van der Waals surface area contributed by atoms with Crippen LogP contribution in [0.25, 0.3) is 33.4 Å². The van der Waals surface area contributed by atoms with Gasteiger partial charge in [0, 0.05) is 5.39 Å². The normalized spacial score (nSPS) is 12.5. The SMILES string of the molecule is CC(C)c1cccc(C(C)C)c1Cn1c(-c2coc3ccc(C(F)(F)F)cc23)nc2ccccc21. The summed E-state index contributed by atoms with van der Waals surface area (Å²) >= 11 is 0. The first-order chi connectivity index (χ1) is 16.6. The van der Waals surface area contributed by atoms with Crippen LogP contribution >= 0.6 is 0 Å². The minimum Gasteiger partial charge on any atom is -0.464 e. The first-order valence-electron chi connectivity index (χ1n) is 11.8. The van der Waals surface area contributed by atoms with E-state index in [1.165, 1.54) is 29.0 Å². The Hall–Kier alpha value is -3.54. The van der Waals surface area contributed by atoms with E-state index in [2.05, 4.69) is 50.5 Å². The fraction of sp³-hybridized carbons (Fsp3) is 0.276. The number of hydrogen-bond donors (Lipinski definition) is 0. The molecule has 2 aromatic heterocycles. The van der Waals surface area contributed by atoms with Gasteiger partial charge in [0.1, 0.15) is 17.7 Å². The van der Waals surface area contributed by atoms with Crippen molar-refractivity contribution in [3.8, 4) is 11.4 Å². The van der Waals surface area contributed by atoms with Crippen LogP contribution in [0.1, 0.15) is 61.8 Å². The monoisotopic (exact) mass is 476 g/mol. The molecule has 0 atom stereocenters. The maximum atomic E-state index is 13.5. The van der Waals surface area contributed by atoms with Gasteiger partial charge in [-0.3, -0.25) is 0 Å². The molecule has 0 aliphatic rings. The van der Waals surface area contributed by atoms with E-state index in [4.69, 9.17) is 9.40 Å². The van der Waals surface area contributed by atoms with Gasteiger partial charge in [-0.05, 0) is 58.9 Å². The summed E-state index contributed by atoms with van der Waals surface area (Å²) in [7, 11) is 0. The number of nitrogens with zero attached hydrogens (tertiary/aromatic N) is 2. The highest BCUT2D eigenvalue weighted by molar-refractivity contribution is 5.95. The second-order valence-electron chi connectivity index (χ2n) is 9.59. The van der Waals surface area contributed by atoms with E-state index in [1.54, 1.807) is 0 Å². The lowest BCUT2D eigenvalue weighted by atomic mass is 9.88. The molecule has 0 bridgehead atoms. The number of aromatic nitrogens is 2.